The van der Waals surface area contributed by atoms with Crippen LogP contribution in [0.4, 0.5) is 0 Å². The molecule has 1 aromatic rings. The highest BCUT2D eigenvalue weighted by Gasteiger charge is 2.08. The molecular formula is C3HI3N2O. The molecule has 0 unspecified atom stereocenters. The van der Waals surface area contributed by atoms with Crippen molar-refractivity contribution < 1.29 is 5.21 Å². The molecule has 1 heterocycles. The van der Waals surface area contributed by atoms with Gasteiger partial charge in [0.15, 0.2) is 3.70 Å². The van der Waals surface area contributed by atoms with Crippen LogP contribution in [0.1, 0.15) is 0 Å². The lowest BCUT2D eigenvalue weighted by molar-refractivity contribution is 0.140. The number of hydrogen-bond donors (Lipinski definition) is 1. The largest absolute Gasteiger partial charge is 0.411 e. The van der Waals surface area contributed by atoms with Crippen LogP contribution in [0, 0.1) is 11.0 Å². The van der Waals surface area contributed by atoms with Gasteiger partial charge in [-0.05, 0) is 67.8 Å². The molecule has 9 heavy (non-hydrogen) atoms. The second-order valence-corrected chi connectivity index (χ2v) is 4.41. The van der Waals surface area contributed by atoms with Gasteiger partial charge in [-0.2, -0.15) is 0 Å². The fraction of sp³-hybridized carbons (Fsp3) is 0. The van der Waals surface area contributed by atoms with E-state index < -0.39 is 0 Å². The highest BCUT2D eigenvalue weighted by atomic mass is 127. The minimum absolute atomic E-state index is 0.762. The van der Waals surface area contributed by atoms with Gasteiger partial charge in [0.25, 0.3) is 0 Å². The maximum Gasteiger partial charge on any atom is 0.155 e. The standard InChI is InChI=1S/C3HI3N2O/c4-1-2(5)7-8(9)3(1)6/h9H. The topological polar surface area (TPSA) is 38.0 Å². The summed E-state index contributed by atoms with van der Waals surface area (Å²) in [5.74, 6) is 0. The van der Waals surface area contributed by atoms with Crippen molar-refractivity contribution in [2.24, 2.45) is 0 Å². The van der Waals surface area contributed by atoms with E-state index in [0.717, 1.165) is 15.8 Å². The van der Waals surface area contributed by atoms with Crippen LogP contribution >= 0.6 is 67.8 Å². The number of nitrogens with zero attached hydrogens (tertiary/aromatic N) is 2. The number of hydrogen-bond acceptors (Lipinski definition) is 2. The third-order valence-electron chi connectivity index (χ3n) is 0.720. The van der Waals surface area contributed by atoms with Crippen molar-refractivity contribution in [3.05, 3.63) is 11.0 Å². The van der Waals surface area contributed by atoms with Crippen molar-refractivity contribution in [2.45, 2.75) is 0 Å². The van der Waals surface area contributed by atoms with E-state index in [1.54, 1.807) is 0 Å². The third kappa shape index (κ3) is 1.61. The summed E-state index contributed by atoms with van der Waals surface area (Å²) < 4.78 is 2.59. The van der Waals surface area contributed by atoms with Gasteiger partial charge in [0.05, 0.1) is 3.57 Å². The van der Waals surface area contributed by atoms with Crippen LogP contribution in [0.15, 0.2) is 0 Å². The smallest absolute Gasteiger partial charge is 0.155 e. The third-order valence-corrected chi connectivity index (χ3v) is 5.53. The Balaban J connectivity index is 3.29. The van der Waals surface area contributed by atoms with Crippen molar-refractivity contribution >= 4 is 67.8 Å². The monoisotopic (exact) mass is 462 g/mol. The molecule has 0 bridgehead atoms. The van der Waals surface area contributed by atoms with Gasteiger partial charge >= 0.3 is 0 Å². The van der Waals surface area contributed by atoms with Gasteiger partial charge in [0.2, 0.25) is 0 Å². The van der Waals surface area contributed by atoms with Gasteiger partial charge in [-0.25, -0.2) is 0 Å². The molecule has 0 aromatic carbocycles. The van der Waals surface area contributed by atoms with Crippen LogP contribution < -0.4 is 0 Å². The summed E-state index contributed by atoms with van der Waals surface area (Å²) in [4.78, 5) is 0.879. The van der Waals surface area contributed by atoms with Gasteiger partial charge in [-0.1, -0.05) is 4.85 Å². The second kappa shape index (κ2) is 3.07. The Morgan fingerprint density at radius 3 is 2.00 bits per heavy atom. The van der Waals surface area contributed by atoms with E-state index >= 15 is 0 Å². The van der Waals surface area contributed by atoms with Crippen LogP contribution in [-0.4, -0.2) is 15.2 Å². The first kappa shape index (κ1) is 8.30. The molecule has 0 atom stereocenters. The highest BCUT2D eigenvalue weighted by molar-refractivity contribution is 14.1. The van der Waals surface area contributed by atoms with Crippen molar-refractivity contribution in [1.82, 2.24) is 9.94 Å². The molecule has 0 spiro atoms. The zero-order chi connectivity index (χ0) is 7.02. The van der Waals surface area contributed by atoms with Crippen LogP contribution in [0.2, 0.25) is 0 Å². The van der Waals surface area contributed by atoms with Gasteiger partial charge in [0, 0.05) is 0 Å². The summed E-state index contributed by atoms with van der Waals surface area (Å²) >= 11 is 6.23. The van der Waals surface area contributed by atoms with E-state index in [2.05, 4.69) is 50.3 Å². The molecule has 0 saturated carbocycles. The van der Waals surface area contributed by atoms with E-state index in [-0.39, 0.29) is 0 Å². The van der Waals surface area contributed by atoms with E-state index in [4.69, 9.17) is 5.21 Å². The van der Waals surface area contributed by atoms with Crippen molar-refractivity contribution in [3.8, 4) is 0 Å². The molecule has 0 aliphatic carbocycles. The molecular weight excluding hydrogens is 461 g/mol. The molecule has 0 amide bonds. The molecule has 0 fully saturated rings. The Morgan fingerprint density at radius 1 is 1.33 bits per heavy atom. The maximum atomic E-state index is 8.91. The summed E-state index contributed by atoms with van der Waals surface area (Å²) in [7, 11) is 0. The summed E-state index contributed by atoms with van der Waals surface area (Å²) in [5, 5.41) is 12.7. The summed E-state index contributed by atoms with van der Waals surface area (Å²) in [5.41, 5.74) is 0. The Labute approximate surface area is 92.6 Å². The van der Waals surface area contributed by atoms with Crippen molar-refractivity contribution in [3.63, 3.8) is 0 Å². The van der Waals surface area contributed by atoms with Crippen molar-refractivity contribution in [2.75, 3.05) is 0 Å². The Hall–Kier alpha value is 1.20. The zero-order valence-electron chi connectivity index (χ0n) is 3.98. The normalized spacial score (nSPS) is 10.1. The van der Waals surface area contributed by atoms with Crippen LogP contribution in [0.5, 0.6) is 0 Å². The molecule has 0 aliphatic heterocycles. The lowest BCUT2D eigenvalue weighted by Gasteiger charge is -1.85. The summed E-state index contributed by atoms with van der Waals surface area (Å²) in [6.07, 6.45) is 0. The predicted molar refractivity (Wildman–Crippen MR) is 57.6 cm³/mol. The average Bonchev–Trinajstić information content (AvgIpc) is 1.98. The molecule has 3 nitrogen and oxygen atoms in total. The van der Waals surface area contributed by atoms with E-state index in [9.17, 15) is 0 Å². The van der Waals surface area contributed by atoms with Crippen LogP contribution in [0.3, 0.4) is 0 Å². The first-order valence-electron chi connectivity index (χ1n) is 1.91. The number of rotatable bonds is 0. The SMILES string of the molecule is On1nc(I)c(I)c1I. The molecule has 50 valence electrons. The number of halogens is 3. The quantitative estimate of drug-likeness (QED) is 0.474. The fourth-order valence-electron chi connectivity index (χ4n) is 0.344. The fourth-order valence-corrected chi connectivity index (χ4v) is 2.01. The number of aromatic nitrogens is 2. The molecule has 0 aliphatic rings. The van der Waals surface area contributed by atoms with Crippen molar-refractivity contribution in [1.29, 1.82) is 0 Å². The predicted octanol–water partition coefficient (Wildman–Crippen LogP) is 1.93. The lowest BCUT2D eigenvalue weighted by Crippen LogP contribution is -1.94. The molecule has 1 rings (SSSR count). The van der Waals surface area contributed by atoms with Gasteiger partial charge in [-0.15, -0.1) is 5.10 Å². The van der Waals surface area contributed by atoms with Gasteiger partial charge in [-0.3, -0.25) is 0 Å². The van der Waals surface area contributed by atoms with Gasteiger partial charge < -0.3 is 5.21 Å². The highest BCUT2D eigenvalue weighted by Crippen LogP contribution is 2.18. The molecule has 6 heteroatoms. The Bertz CT molecular complexity index is 211. The molecule has 1 aromatic heterocycles. The maximum absolute atomic E-state index is 8.91. The first-order chi connectivity index (χ1) is 4.13. The van der Waals surface area contributed by atoms with Crippen LogP contribution in [-0.2, 0) is 0 Å². The van der Waals surface area contributed by atoms with E-state index in [1.807, 2.05) is 22.6 Å². The van der Waals surface area contributed by atoms with Crippen LogP contribution in [0.25, 0.3) is 0 Å². The minimum atomic E-state index is 0.762. The Kier molecular flexibility index (Phi) is 2.83. The zero-order valence-corrected chi connectivity index (χ0v) is 10.4. The van der Waals surface area contributed by atoms with Gasteiger partial charge in [0.1, 0.15) is 3.70 Å². The molecule has 0 radical (unpaired) electrons. The lowest BCUT2D eigenvalue weighted by atomic mass is 10.8. The summed E-state index contributed by atoms with van der Waals surface area (Å²) in [6, 6.07) is 0. The first-order valence-corrected chi connectivity index (χ1v) is 5.15. The second-order valence-electron chi connectivity index (χ2n) is 1.29. The molecule has 0 saturated heterocycles. The van der Waals surface area contributed by atoms with E-state index in [1.165, 1.54) is 0 Å². The Morgan fingerprint density at radius 2 is 1.89 bits per heavy atom. The summed E-state index contributed by atoms with van der Waals surface area (Å²) in [6.45, 7) is 0. The molecule has 1 N–H and O–H groups in total. The minimum Gasteiger partial charge on any atom is -0.411 e. The average molecular weight is 462 g/mol. The van der Waals surface area contributed by atoms with E-state index in [0.29, 0.717) is 0 Å².